The third-order valence-corrected chi connectivity index (χ3v) is 3.65. The molecule has 1 aromatic rings. The standard InChI is InChI=1S/C11H19N3O2S2/c1-5-6-12-9-13-14-10(18-9)17-7-8(15)16-11(2,3)4/h5-7H2,1-4H3,(H,12,13). The minimum absolute atomic E-state index is 0.231. The number of aromatic nitrogens is 2. The maximum absolute atomic E-state index is 11.5. The van der Waals surface area contributed by atoms with Gasteiger partial charge >= 0.3 is 5.97 Å². The van der Waals surface area contributed by atoms with Gasteiger partial charge in [-0.2, -0.15) is 0 Å². The van der Waals surface area contributed by atoms with Crippen LogP contribution in [-0.2, 0) is 9.53 Å². The van der Waals surface area contributed by atoms with Crippen LogP contribution in [0, 0.1) is 0 Å². The summed E-state index contributed by atoms with van der Waals surface area (Å²) in [6.07, 6.45) is 1.04. The first-order chi connectivity index (χ1) is 8.40. The monoisotopic (exact) mass is 289 g/mol. The van der Waals surface area contributed by atoms with Crippen molar-refractivity contribution in [2.24, 2.45) is 0 Å². The van der Waals surface area contributed by atoms with Crippen molar-refractivity contribution in [3.8, 4) is 0 Å². The molecule has 0 fully saturated rings. The second kappa shape index (κ2) is 6.94. The van der Waals surface area contributed by atoms with Crippen LogP contribution in [0.25, 0.3) is 0 Å². The van der Waals surface area contributed by atoms with E-state index in [1.54, 1.807) is 0 Å². The lowest BCUT2D eigenvalue weighted by Crippen LogP contribution is -2.24. The van der Waals surface area contributed by atoms with Gasteiger partial charge in [0.2, 0.25) is 5.13 Å². The Hall–Kier alpha value is -0.820. The average molecular weight is 289 g/mol. The third-order valence-electron chi connectivity index (χ3n) is 1.67. The Morgan fingerprint density at radius 2 is 2.17 bits per heavy atom. The number of carbonyl (C=O) groups excluding carboxylic acids is 1. The normalized spacial score (nSPS) is 11.3. The summed E-state index contributed by atoms with van der Waals surface area (Å²) in [5.41, 5.74) is -0.438. The molecule has 0 radical (unpaired) electrons. The number of carbonyl (C=O) groups is 1. The second-order valence-corrected chi connectivity index (χ2v) is 6.88. The van der Waals surface area contributed by atoms with E-state index in [1.165, 1.54) is 23.1 Å². The highest BCUT2D eigenvalue weighted by Gasteiger charge is 2.17. The first-order valence-corrected chi connectivity index (χ1v) is 7.63. The van der Waals surface area contributed by atoms with Crippen molar-refractivity contribution < 1.29 is 9.53 Å². The molecule has 1 aromatic heterocycles. The van der Waals surface area contributed by atoms with Crippen LogP contribution in [0.5, 0.6) is 0 Å². The van der Waals surface area contributed by atoms with Crippen molar-refractivity contribution in [2.75, 3.05) is 17.6 Å². The van der Waals surface area contributed by atoms with E-state index in [0.29, 0.717) is 0 Å². The summed E-state index contributed by atoms with van der Waals surface area (Å²) in [4.78, 5) is 11.5. The molecule has 0 aliphatic carbocycles. The van der Waals surface area contributed by atoms with E-state index >= 15 is 0 Å². The minimum Gasteiger partial charge on any atom is -0.459 e. The van der Waals surface area contributed by atoms with Crippen LogP contribution in [0.3, 0.4) is 0 Å². The zero-order valence-corrected chi connectivity index (χ0v) is 12.8. The van der Waals surface area contributed by atoms with Crippen LogP contribution in [-0.4, -0.2) is 34.1 Å². The molecule has 0 bridgehead atoms. The molecule has 0 spiro atoms. The molecule has 0 atom stereocenters. The summed E-state index contributed by atoms with van der Waals surface area (Å²) in [5, 5.41) is 11.9. The van der Waals surface area contributed by atoms with Gasteiger partial charge in [-0.3, -0.25) is 4.79 Å². The average Bonchev–Trinajstić information content (AvgIpc) is 2.69. The maximum Gasteiger partial charge on any atom is 0.316 e. The van der Waals surface area contributed by atoms with E-state index in [-0.39, 0.29) is 11.7 Å². The van der Waals surface area contributed by atoms with E-state index in [2.05, 4.69) is 22.4 Å². The van der Waals surface area contributed by atoms with Crippen molar-refractivity contribution >= 4 is 34.2 Å². The van der Waals surface area contributed by atoms with Crippen molar-refractivity contribution in [3.63, 3.8) is 0 Å². The summed E-state index contributed by atoms with van der Waals surface area (Å²) in [6, 6.07) is 0. The number of nitrogens with one attached hydrogen (secondary N) is 1. The quantitative estimate of drug-likeness (QED) is 0.642. The molecule has 18 heavy (non-hydrogen) atoms. The van der Waals surface area contributed by atoms with E-state index in [1.807, 2.05) is 20.8 Å². The summed E-state index contributed by atoms with van der Waals surface area (Å²) < 4.78 is 5.99. The largest absolute Gasteiger partial charge is 0.459 e. The Balaban J connectivity index is 2.35. The lowest BCUT2D eigenvalue weighted by molar-refractivity contribution is -0.151. The van der Waals surface area contributed by atoms with E-state index in [0.717, 1.165) is 22.4 Å². The van der Waals surface area contributed by atoms with Gasteiger partial charge in [0.25, 0.3) is 0 Å². The zero-order chi connectivity index (χ0) is 13.6. The Bertz CT molecular complexity index is 388. The Labute approximate surface area is 116 Å². The predicted molar refractivity (Wildman–Crippen MR) is 75.3 cm³/mol. The van der Waals surface area contributed by atoms with Gasteiger partial charge in [-0.05, 0) is 27.2 Å². The molecule has 0 saturated heterocycles. The molecule has 0 aliphatic heterocycles. The van der Waals surface area contributed by atoms with Crippen LogP contribution in [0.15, 0.2) is 4.34 Å². The number of esters is 1. The minimum atomic E-state index is -0.438. The fourth-order valence-electron chi connectivity index (χ4n) is 1.06. The van der Waals surface area contributed by atoms with Gasteiger partial charge < -0.3 is 10.1 Å². The topological polar surface area (TPSA) is 64.1 Å². The number of ether oxygens (including phenoxy) is 1. The fourth-order valence-corrected chi connectivity index (χ4v) is 2.61. The van der Waals surface area contributed by atoms with Crippen molar-refractivity contribution in [3.05, 3.63) is 0 Å². The molecule has 7 heteroatoms. The molecule has 0 aromatic carbocycles. The lowest BCUT2D eigenvalue weighted by atomic mass is 10.2. The van der Waals surface area contributed by atoms with Crippen LogP contribution in [0.4, 0.5) is 5.13 Å². The van der Waals surface area contributed by atoms with Crippen LogP contribution >= 0.6 is 23.1 Å². The summed E-state index contributed by atoms with van der Waals surface area (Å²) in [6.45, 7) is 8.53. The van der Waals surface area contributed by atoms with Crippen LogP contribution < -0.4 is 5.32 Å². The molecule has 0 unspecified atom stereocenters. The lowest BCUT2D eigenvalue weighted by Gasteiger charge is -2.18. The number of hydrogen-bond acceptors (Lipinski definition) is 7. The predicted octanol–water partition coefficient (Wildman–Crippen LogP) is 2.79. The van der Waals surface area contributed by atoms with Crippen molar-refractivity contribution in [2.45, 2.75) is 44.1 Å². The van der Waals surface area contributed by atoms with Gasteiger partial charge in [-0.15, -0.1) is 10.2 Å². The fraction of sp³-hybridized carbons (Fsp3) is 0.727. The van der Waals surface area contributed by atoms with E-state index < -0.39 is 5.60 Å². The van der Waals surface area contributed by atoms with Gasteiger partial charge in [0.05, 0.1) is 5.75 Å². The van der Waals surface area contributed by atoms with Gasteiger partial charge in [0.1, 0.15) is 5.60 Å². The third kappa shape index (κ3) is 6.20. The molecule has 1 rings (SSSR count). The van der Waals surface area contributed by atoms with E-state index in [9.17, 15) is 4.79 Å². The van der Waals surface area contributed by atoms with Gasteiger partial charge in [0, 0.05) is 6.54 Å². The van der Waals surface area contributed by atoms with Crippen molar-refractivity contribution in [1.82, 2.24) is 10.2 Å². The zero-order valence-electron chi connectivity index (χ0n) is 11.1. The molecular weight excluding hydrogens is 270 g/mol. The SMILES string of the molecule is CCCNc1nnc(SCC(=O)OC(C)(C)C)s1. The number of thioether (sulfide) groups is 1. The smallest absolute Gasteiger partial charge is 0.316 e. The molecule has 1 N–H and O–H groups in total. The Kier molecular flexibility index (Phi) is 5.87. The number of rotatable bonds is 6. The highest BCUT2D eigenvalue weighted by Crippen LogP contribution is 2.25. The molecule has 1 heterocycles. The molecule has 102 valence electrons. The number of anilines is 1. The molecule has 0 amide bonds. The summed E-state index contributed by atoms with van der Waals surface area (Å²) in [5.74, 6) is 0.0328. The van der Waals surface area contributed by atoms with Gasteiger partial charge in [0.15, 0.2) is 4.34 Å². The highest BCUT2D eigenvalue weighted by atomic mass is 32.2. The van der Waals surface area contributed by atoms with E-state index in [4.69, 9.17) is 4.74 Å². The highest BCUT2D eigenvalue weighted by molar-refractivity contribution is 8.01. The summed E-state index contributed by atoms with van der Waals surface area (Å²) in [7, 11) is 0. The number of hydrogen-bond donors (Lipinski definition) is 1. The van der Waals surface area contributed by atoms with Crippen molar-refractivity contribution in [1.29, 1.82) is 0 Å². The maximum atomic E-state index is 11.5. The molecular formula is C11H19N3O2S2. The number of nitrogens with zero attached hydrogens (tertiary/aromatic N) is 2. The van der Waals surface area contributed by atoms with Crippen LogP contribution in [0.2, 0.25) is 0 Å². The van der Waals surface area contributed by atoms with Gasteiger partial charge in [-0.1, -0.05) is 30.0 Å². The Morgan fingerprint density at radius 1 is 1.44 bits per heavy atom. The first kappa shape index (κ1) is 15.2. The summed E-state index contributed by atoms with van der Waals surface area (Å²) >= 11 is 2.81. The Morgan fingerprint density at radius 3 is 2.78 bits per heavy atom. The van der Waals surface area contributed by atoms with Gasteiger partial charge in [-0.25, -0.2) is 0 Å². The van der Waals surface area contributed by atoms with Crippen LogP contribution in [0.1, 0.15) is 34.1 Å². The first-order valence-electron chi connectivity index (χ1n) is 5.82. The molecule has 0 saturated carbocycles. The second-order valence-electron chi connectivity index (χ2n) is 4.68. The molecule has 0 aliphatic rings. The molecule has 5 nitrogen and oxygen atoms in total.